The molecule has 2 rings (SSSR count). The number of nitrogens with zero attached hydrogens (tertiary/aromatic N) is 1. The highest BCUT2D eigenvalue weighted by atomic mass is 16.5. The molecule has 1 saturated heterocycles. The molecule has 0 aliphatic carbocycles. The van der Waals surface area contributed by atoms with Crippen LogP contribution in [0.4, 0.5) is 5.69 Å². The molecule has 3 heteroatoms. The van der Waals surface area contributed by atoms with E-state index in [0.29, 0.717) is 12.6 Å². The number of hydrogen-bond donors (Lipinski definition) is 1. The van der Waals surface area contributed by atoms with Crippen LogP contribution in [0.3, 0.4) is 0 Å². The van der Waals surface area contributed by atoms with Gasteiger partial charge in [-0.15, -0.1) is 0 Å². The van der Waals surface area contributed by atoms with Crippen molar-refractivity contribution in [1.82, 2.24) is 0 Å². The molecule has 1 aliphatic heterocycles. The summed E-state index contributed by atoms with van der Waals surface area (Å²) in [5.41, 5.74) is 9.49. The maximum Gasteiger partial charge on any atom is 0.0750 e. The summed E-state index contributed by atoms with van der Waals surface area (Å²) >= 11 is 0. The summed E-state index contributed by atoms with van der Waals surface area (Å²) in [5.74, 6) is 0. The first-order chi connectivity index (χ1) is 8.74. The SMILES string of the molecule is CCN(CC1CCCO1)c1ccc(CN)cc1C. The summed E-state index contributed by atoms with van der Waals surface area (Å²) in [5, 5.41) is 0. The Morgan fingerprint density at radius 1 is 1.44 bits per heavy atom. The van der Waals surface area contributed by atoms with Gasteiger partial charge in [-0.2, -0.15) is 0 Å². The van der Waals surface area contributed by atoms with Gasteiger partial charge in [0, 0.05) is 31.9 Å². The molecule has 1 fully saturated rings. The van der Waals surface area contributed by atoms with Gasteiger partial charge in [0.1, 0.15) is 0 Å². The van der Waals surface area contributed by atoms with Crippen molar-refractivity contribution in [3.05, 3.63) is 29.3 Å². The molecule has 0 amide bonds. The Balaban J connectivity index is 2.10. The van der Waals surface area contributed by atoms with Crippen LogP contribution in [0.2, 0.25) is 0 Å². The molecule has 1 atom stereocenters. The van der Waals surface area contributed by atoms with Gasteiger partial charge in [0.15, 0.2) is 0 Å². The minimum Gasteiger partial charge on any atom is -0.376 e. The first-order valence-corrected chi connectivity index (χ1v) is 6.90. The van der Waals surface area contributed by atoms with Crippen LogP contribution in [0.5, 0.6) is 0 Å². The fraction of sp³-hybridized carbons (Fsp3) is 0.600. The number of benzene rings is 1. The van der Waals surface area contributed by atoms with E-state index in [9.17, 15) is 0 Å². The van der Waals surface area contributed by atoms with E-state index in [2.05, 4.69) is 36.9 Å². The minimum atomic E-state index is 0.401. The van der Waals surface area contributed by atoms with Crippen molar-refractivity contribution in [2.24, 2.45) is 5.73 Å². The zero-order valence-electron chi connectivity index (χ0n) is 11.5. The molecule has 0 aromatic heterocycles. The molecular formula is C15H24N2O. The molecule has 2 N–H and O–H groups in total. The quantitative estimate of drug-likeness (QED) is 0.870. The first-order valence-electron chi connectivity index (χ1n) is 6.90. The van der Waals surface area contributed by atoms with E-state index in [4.69, 9.17) is 10.5 Å². The third-order valence-electron chi connectivity index (χ3n) is 3.67. The van der Waals surface area contributed by atoms with Crippen LogP contribution >= 0.6 is 0 Å². The molecule has 0 spiro atoms. The average molecular weight is 248 g/mol. The molecule has 0 saturated carbocycles. The van der Waals surface area contributed by atoms with Crippen LogP contribution in [-0.4, -0.2) is 25.8 Å². The molecule has 18 heavy (non-hydrogen) atoms. The van der Waals surface area contributed by atoms with E-state index in [-0.39, 0.29) is 0 Å². The van der Waals surface area contributed by atoms with Crippen molar-refractivity contribution in [3.63, 3.8) is 0 Å². The van der Waals surface area contributed by atoms with E-state index in [1.165, 1.54) is 29.7 Å². The summed E-state index contributed by atoms with van der Waals surface area (Å²) in [7, 11) is 0. The van der Waals surface area contributed by atoms with Crippen LogP contribution in [0.15, 0.2) is 18.2 Å². The number of nitrogens with two attached hydrogens (primary N) is 1. The summed E-state index contributed by atoms with van der Waals surface area (Å²) < 4.78 is 5.73. The Labute approximate surface area is 110 Å². The second-order valence-corrected chi connectivity index (χ2v) is 5.00. The minimum absolute atomic E-state index is 0.401. The largest absolute Gasteiger partial charge is 0.376 e. The molecule has 100 valence electrons. The molecule has 3 nitrogen and oxygen atoms in total. The van der Waals surface area contributed by atoms with Crippen molar-refractivity contribution in [2.75, 3.05) is 24.6 Å². The van der Waals surface area contributed by atoms with Gasteiger partial charge in [-0.05, 0) is 43.9 Å². The standard InChI is InChI=1S/C15H24N2O/c1-3-17(11-14-5-4-8-18-14)15-7-6-13(10-16)9-12(15)2/h6-7,9,14H,3-5,8,10-11,16H2,1-2H3. The zero-order chi connectivity index (χ0) is 13.0. The molecule has 1 aromatic rings. The molecule has 1 aliphatic rings. The van der Waals surface area contributed by atoms with E-state index >= 15 is 0 Å². The molecule has 1 unspecified atom stereocenters. The lowest BCUT2D eigenvalue weighted by molar-refractivity contribution is 0.115. The fourth-order valence-electron chi connectivity index (χ4n) is 2.63. The van der Waals surface area contributed by atoms with Crippen LogP contribution < -0.4 is 10.6 Å². The smallest absolute Gasteiger partial charge is 0.0750 e. The summed E-state index contributed by atoms with van der Waals surface area (Å²) in [6.07, 6.45) is 2.79. The van der Waals surface area contributed by atoms with Crippen molar-refractivity contribution in [1.29, 1.82) is 0 Å². The Hall–Kier alpha value is -1.06. The van der Waals surface area contributed by atoms with Gasteiger partial charge in [0.2, 0.25) is 0 Å². The van der Waals surface area contributed by atoms with Gasteiger partial charge in [0.25, 0.3) is 0 Å². The monoisotopic (exact) mass is 248 g/mol. The fourth-order valence-corrected chi connectivity index (χ4v) is 2.63. The third-order valence-corrected chi connectivity index (χ3v) is 3.67. The molecule has 0 radical (unpaired) electrons. The van der Waals surface area contributed by atoms with Crippen molar-refractivity contribution >= 4 is 5.69 Å². The number of aryl methyl sites for hydroxylation is 1. The predicted octanol–water partition coefficient (Wildman–Crippen LogP) is 2.46. The Morgan fingerprint density at radius 3 is 2.83 bits per heavy atom. The predicted molar refractivity (Wildman–Crippen MR) is 75.9 cm³/mol. The Bertz CT molecular complexity index is 386. The van der Waals surface area contributed by atoms with E-state index in [1.54, 1.807) is 0 Å². The van der Waals surface area contributed by atoms with Gasteiger partial charge >= 0.3 is 0 Å². The summed E-state index contributed by atoms with van der Waals surface area (Å²) in [4.78, 5) is 2.41. The number of ether oxygens (including phenoxy) is 1. The summed E-state index contributed by atoms with van der Waals surface area (Å²) in [6.45, 7) is 7.91. The first kappa shape index (κ1) is 13.4. The normalized spacial score (nSPS) is 19.2. The number of anilines is 1. The highest BCUT2D eigenvalue weighted by Crippen LogP contribution is 2.23. The van der Waals surface area contributed by atoms with Crippen molar-refractivity contribution in [3.8, 4) is 0 Å². The third kappa shape index (κ3) is 3.03. The lowest BCUT2D eigenvalue weighted by Gasteiger charge is -2.27. The van der Waals surface area contributed by atoms with Crippen LogP contribution in [0.1, 0.15) is 30.9 Å². The Kier molecular flexibility index (Phi) is 4.61. The number of likely N-dealkylation sites (N-methyl/N-ethyl adjacent to an activating group) is 1. The number of hydrogen-bond acceptors (Lipinski definition) is 3. The topological polar surface area (TPSA) is 38.5 Å². The van der Waals surface area contributed by atoms with Crippen molar-refractivity contribution < 1.29 is 4.74 Å². The van der Waals surface area contributed by atoms with Gasteiger partial charge < -0.3 is 15.4 Å². The highest BCUT2D eigenvalue weighted by molar-refractivity contribution is 5.54. The lowest BCUT2D eigenvalue weighted by Crippen LogP contribution is -2.32. The van der Waals surface area contributed by atoms with E-state index in [1.807, 2.05) is 0 Å². The maximum absolute atomic E-state index is 5.73. The van der Waals surface area contributed by atoms with Crippen molar-refractivity contribution in [2.45, 2.75) is 39.3 Å². The average Bonchev–Trinajstić information content (AvgIpc) is 2.89. The van der Waals surface area contributed by atoms with Gasteiger partial charge in [-0.25, -0.2) is 0 Å². The van der Waals surface area contributed by atoms with Gasteiger partial charge in [0.05, 0.1) is 6.10 Å². The second kappa shape index (κ2) is 6.21. The van der Waals surface area contributed by atoms with Crippen LogP contribution in [0.25, 0.3) is 0 Å². The molecule has 1 heterocycles. The van der Waals surface area contributed by atoms with Gasteiger partial charge in [-0.3, -0.25) is 0 Å². The Morgan fingerprint density at radius 2 is 2.28 bits per heavy atom. The lowest BCUT2D eigenvalue weighted by atomic mass is 10.1. The molecular weight excluding hydrogens is 224 g/mol. The number of rotatable bonds is 5. The van der Waals surface area contributed by atoms with Crippen LogP contribution in [-0.2, 0) is 11.3 Å². The van der Waals surface area contributed by atoms with E-state index < -0.39 is 0 Å². The van der Waals surface area contributed by atoms with E-state index in [0.717, 1.165) is 19.7 Å². The zero-order valence-corrected chi connectivity index (χ0v) is 11.5. The second-order valence-electron chi connectivity index (χ2n) is 5.00. The maximum atomic E-state index is 5.73. The van der Waals surface area contributed by atoms with Gasteiger partial charge in [-0.1, -0.05) is 12.1 Å². The summed E-state index contributed by atoms with van der Waals surface area (Å²) in [6, 6.07) is 6.50. The molecule has 0 bridgehead atoms. The highest BCUT2D eigenvalue weighted by Gasteiger charge is 2.19. The van der Waals surface area contributed by atoms with Crippen LogP contribution in [0, 0.1) is 6.92 Å². The molecule has 1 aromatic carbocycles.